The number of carbonyl (C=O) groups excluding carboxylic acids is 1. The molecule has 0 unspecified atom stereocenters. The zero-order valence-corrected chi connectivity index (χ0v) is 16.7. The molecule has 4 N–H and O–H groups in total. The van der Waals surface area contributed by atoms with E-state index in [0.29, 0.717) is 22.5 Å². The molecule has 0 radical (unpaired) electrons. The van der Waals surface area contributed by atoms with Crippen LogP contribution in [0.4, 0.5) is 11.6 Å². The van der Waals surface area contributed by atoms with Gasteiger partial charge >= 0.3 is 0 Å². The first-order valence-corrected chi connectivity index (χ1v) is 9.07. The minimum Gasteiger partial charge on any atom is -0.302 e. The summed E-state index contributed by atoms with van der Waals surface area (Å²) in [6, 6.07) is 5.59. The highest BCUT2D eigenvalue weighted by molar-refractivity contribution is 6.49. The Bertz CT molecular complexity index is 1370. The van der Waals surface area contributed by atoms with Gasteiger partial charge in [0, 0.05) is 11.4 Å². The van der Waals surface area contributed by atoms with Gasteiger partial charge in [0.2, 0.25) is 5.71 Å². The van der Waals surface area contributed by atoms with Crippen molar-refractivity contribution in [2.75, 3.05) is 10.7 Å². The molecular weight excluding hydrogens is 384 g/mol. The molecule has 0 spiro atoms. The van der Waals surface area contributed by atoms with E-state index in [1.165, 1.54) is 0 Å². The number of pyridine rings is 2. The fraction of sp³-hybridized carbons (Fsp3) is 0.211. The van der Waals surface area contributed by atoms with E-state index in [1.54, 1.807) is 6.07 Å². The van der Waals surface area contributed by atoms with Crippen molar-refractivity contribution in [2.24, 2.45) is 5.10 Å². The number of hydrazone groups is 1. The second kappa shape index (κ2) is 7.25. The molecule has 1 amide bonds. The van der Waals surface area contributed by atoms with E-state index in [1.807, 2.05) is 39.8 Å². The molecule has 4 aromatic rings. The number of amides is 1. The first-order chi connectivity index (χ1) is 14.4. The van der Waals surface area contributed by atoms with E-state index in [-0.39, 0.29) is 11.5 Å². The number of carbonyl (C=O) groups is 1. The summed E-state index contributed by atoms with van der Waals surface area (Å²) < 4.78 is 0. The van der Waals surface area contributed by atoms with Crippen molar-refractivity contribution in [3.63, 3.8) is 0 Å². The summed E-state index contributed by atoms with van der Waals surface area (Å²) in [4.78, 5) is 21.3. The van der Waals surface area contributed by atoms with Crippen molar-refractivity contribution in [1.29, 1.82) is 5.26 Å². The third kappa shape index (κ3) is 3.30. The van der Waals surface area contributed by atoms with Crippen LogP contribution in [0.1, 0.15) is 22.5 Å². The smallest absolute Gasteiger partial charge is 0.288 e. The summed E-state index contributed by atoms with van der Waals surface area (Å²) in [6.07, 6.45) is 0. The van der Waals surface area contributed by atoms with E-state index >= 15 is 0 Å². The predicted octanol–water partition coefficient (Wildman–Crippen LogP) is 2.39. The van der Waals surface area contributed by atoms with Gasteiger partial charge in [0.05, 0.1) is 10.8 Å². The second-order valence-corrected chi connectivity index (χ2v) is 6.89. The van der Waals surface area contributed by atoms with Gasteiger partial charge < -0.3 is 5.32 Å². The van der Waals surface area contributed by atoms with Crippen molar-refractivity contribution in [3.05, 3.63) is 34.6 Å². The normalized spacial score (nSPS) is 11.6. The number of rotatable bonds is 4. The number of nitrogens with one attached hydrogen (secondary N) is 4. The van der Waals surface area contributed by atoms with Crippen LogP contribution in [0.3, 0.4) is 0 Å². The fourth-order valence-corrected chi connectivity index (χ4v) is 3.33. The zero-order valence-electron chi connectivity index (χ0n) is 16.7. The number of aromatic nitrogens is 6. The minimum atomic E-state index is -0.701. The first kappa shape index (κ1) is 19.0. The number of hydrogen-bond acceptors (Lipinski definition) is 8. The number of H-pyrrole nitrogens is 2. The summed E-state index contributed by atoms with van der Waals surface area (Å²) in [7, 11) is 0. The van der Waals surface area contributed by atoms with Crippen LogP contribution in [0.25, 0.3) is 22.1 Å². The lowest BCUT2D eigenvalue weighted by Gasteiger charge is -2.04. The highest BCUT2D eigenvalue weighted by Crippen LogP contribution is 2.24. The largest absolute Gasteiger partial charge is 0.302 e. The van der Waals surface area contributed by atoms with Gasteiger partial charge in [-0.25, -0.2) is 9.97 Å². The molecule has 0 aliphatic rings. The number of anilines is 2. The molecule has 0 aromatic carbocycles. The topological polar surface area (TPSA) is 160 Å². The molecule has 150 valence electrons. The number of aryl methyl sites for hydroxylation is 4. The fourth-order valence-electron chi connectivity index (χ4n) is 3.33. The molecule has 0 atom stereocenters. The molecular formula is C19H18N10O. The Hall–Kier alpha value is -4.33. The van der Waals surface area contributed by atoms with Gasteiger partial charge in [-0.05, 0) is 51.0 Å². The maximum Gasteiger partial charge on any atom is 0.288 e. The SMILES string of the molecule is Cc1cc(C)c2c(N/N=C(\C#N)C(=O)Nc3n[nH]c4nc(C)cc(C)c34)[nH]nc2n1. The zero-order chi connectivity index (χ0) is 21.4. The van der Waals surface area contributed by atoms with Crippen LogP contribution in [0.2, 0.25) is 0 Å². The second-order valence-electron chi connectivity index (χ2n) is 6.89. The lowest BCUT2D eigenvalue weighted by Crippen LogP contribution is -2.23. The Balaban J connectivity index is 1.60. The Kier molecular flexibility index (Phi) is 4.59. The third-order valence-corrected chi connectivity index (χ3v) is 4.54. The summed E-state index contributed by atoms with van der Waals surface area (Å²) in [5, 5.41) is 31.2. The third-order valence-electron chi connectivity index (χ3n) is 4.54. The minimum absolute atomic E-state index is 0.283. The van der Waals surface area contributed by atoms with E-state index < -0.39 is 5.91 Å². The van der Waals surface area contributed by atoms with Gasteiger partial charge in [-0.2, -0.15) is 20.6 Å². The number of aromatic amines is 2. The number of nitrogens with zero attached hydrogens (tertiary/aromatic N) is 6. The van der Waals surface area contributed by atoms with Crippen molar-refractivity contribution in [2.45, 2.75) is 27.7 Å². The molecule has 4 rings (SSSR count). The highest BCUT2D eigenvalue weighted by atomic mass is 16.2. The maximum atomic E-state index is 12.6. The summed E-state index contributed by atoms with van der Waals surface area (Å²) in [5.74, 6) is 0.0228. The molecule has 30 heavy (non-hydrogen) atoms. The van der Waals surface area contributed by atoms with Crippen molar-refractivity contribution in [3.8, 4) is 6.07 Å². The monoisotopic (exact) mass is 402 g/mol. The summed E-state index contributed by atoms with van der Waals surface area (Å²) in [6.45, 7) is 7.56. The molecule has 4 heterocycles. The number of hydrogen-bond donors (Lipinski definition) is 4. The lowest BCUT2D eigenvalue weighted by molar-refractivity contribution is -0.110. The van der Waals surface area contributed by atoms with Crippen LogP contribution in [0.15, 0.2) is 17.2 Å². The summed E-state index contributed by atoms with van der Waals surface area (Å²) in [5.41, 5.74) is 6.91. The van der Waals surface area contributed by atoms with Crippen LogP contribution in [0.5, 0.6) is 0 Å². The number of fused-ring (bicyclic) bond motifs is 2. The summed E-state index contributed by atoms with van der Waals surface area (Å²) >= 11 is 0. The number of nitriles is 1. The molecule has 0 aliphatic heterocycles. The highest BCUT2D eigenvalue weighted by Gasteiger charge is 2.18. The molecule has 11 heteroatoms. The molecule has 0 saturated carbocycles. The lowest BCUT2D eigenvalue weighted by atomic mass is 10.2. The van der Waals surface area contributed by atoms with E-state index in [4.69, 9.17) is 0 Å². The van der Waals surface area contributed by atoms with Gasteiger partial charge in [0.15, 0.2) is 22.9 Å². The predicted molar refractivity (Wildman–Crippen MR) is 112 cm³/mol. The van der Waals surface area contributed by atoms with E-state index in [2.05, 4.69) is 46.2 Å². The average molecular weight is 402 g/mol. The van der Waals surface area contributed by atoms with Gasteiger partial charge in [0.25, 0.3) is 5.91 Å². The van der Waals surface area contributed by atoms with Gasteiger partial charge in [-0.3, -0.25) is 20.4 Å². The molecule has 11 nitrogen and oxygen atoms in total. The molecule has 0 aliphatic carbocycles. The van der Waals surface area contributed by atoms with Gasteiger partial charge in [-0.15, -0.1) is 0 Å². The standard InChI is InChI=1S/C19H18N10O/c1-8-5-10(3)21-15-13(8)17(27-25-15)23-19(30)12(7-20)24-28-18-14-9(2)6-11(4)22-16(14)26-29-18/h5-6H,1-4H3,(H2,22,26,28,29)(H2,21,23,25,27,30)/b24-12+. The Labute approximate surface area is 170 Å². The van der Waals surface area contributed by atoms with Crippen LogP contribution < -0.4 is 10.7 Å². The Morgan fingerprint density at radius 1 is 1.03 bits per heavy atom. The van der Waals surface area contributed by atoms with Crippen LogP contribution in [-0.4, -0.2) is 42.0 Å². The Morgan fingerprint density at radius 2 is 1.73 bits per heavy atom. The van der Waals surface area contributed by atoms with Crippen LogP contribution in [-0.2, 0) is 4.79 Å². The molecule has 0 saturated heterocycles. The molecule has 4 aromatic heterocycles. The quantitative estimate of drug-likeness (QED) is 0.301. The average Bonchev–Trinajstić information content (AvgIpc) is 3.26. The van der Waals surface area contributed by atoms with Gasteiger partial charge in [-0.1, -0.05) is 0 Å². The van der Waals surface area contributed by atoms with Crippen molar-refractivity contribution in [1.82, 2.24) is 30.4 Å². The van der Waals surface area contributed by atoms with Crippen molar-refractivity contribution < 1.29 is 4.79 Å². The molecule has 0 bridgehead atoms. The van der Waals surface area contributed by atoms with Crippen molar-refractivity contribution >= 4 is 45.3 Å². The Morgan fingerprint density at radius 3 is 2.47 bits per heavy atom. The first-order valence-electron chi connectivity index (χ1n) is 9.07. The van der Waals surface area contributed by atoms with Crippen LogP contribution in [0, 0.1) is 39.0 Å². The van der Waals surface area contributed by atoms with Crippen LogP contribution >= 0.6 is 0 Å². The maximum absolute atomic E-state index is 12.6. The van der Waals surface area contributed by atoms with E-state index in [9.17, 15) is 10.1 Å². The van der Waals surface area contributed by atoms with E-state index in [0.717, 1.165) is 27.9 Å². The molecule has 0 fully saturated rings. The van der Waals surface area contributed by atoms with Gasteiger partial charge in [0.1, 0.15) is 6.07 Å².